The van der Waals surface area contributed by atoms with Crippen LogP contribution in [0.15, 0.2) is 18.2 Å². The van der Waals surface area contributed by atoms with E-state index in [1.54, 1.807) is 0 Å². The van der Waals surface area contributed by atoms with Gasteiger partial charge in [0.2, 0.25) is 0 Å². The van der Waals surface area contributed by atoms with Gasteiger partial charge < -0.3 is 15.3 Å². The lowest BCUT2D eigenvalue weighted by atomic mass is 10.1. The fourth-order valence-corrected chi connectivity index (χ4v) is 2.61. The van der Waals surface area contributed by atoms with E-state index in [-0.39, 0.29) is 13.1 Å². The molecule has 0 amide bonds. The molecule has 0 spiro atoms. The van der Waals surface area contributed by atoms with Gasteiger partial charge in [0.25, 0.3) is 0 Å². The Kier molecular flexibility index (Phi) is 5.77. The molecule has 3 nitrogen and oxygen atoms in total. The topological polar surface area (TPSA) is 35.5 Å². The molecule has 0 radical (unpaired) electrons. The van der Waals surface area contributed by atoms with Crippen molar-refractivity contribution in [2.24, 2.45) is 0 Å². The number of hydrogen-bond donors (Lipinski definition) is 2. The molecule has 1 unspecified atom stereocenters. The number of aliphatic hydroxyl groups excluding tert-OH is 1. The molecule has 1 fully saturated rings. The van der Waals surface area contributed by atoms with Crippen LogP contribution in [0, 0.1) is 5.82 Å². The number of halogens is 4. The van der Waals surface area contributed by atoms with E-state index in [4.69, 9.17) is 0 Å². The first-order valence-electron chi connectivity index (χ1n) is 7.33. The first-order valence-corrected chi connectivity index (χ1v) is 7.33. The van der Waals surface area contributed by atoms with Crippen LogP contribution in [0.3, 0.4) is 0 Å². The van der Waals surface area contributed by atoms with Crippen LogP contribution in [0.5, 0.6) is 0 Å². The average Bonchev–Trinajstić information content (AvgIpc) is 2.92. The first kappa shape index (κ1) is 17.2. The van der Waals surface area contributed by atoms with Crippen molar-refractivity contribution in [2.75, 3.05) is 26.2 Å². The predicted octanol–water partition coefficient (Wildman–Crippen LogP) is 2.39. The van der Waals surface area contributed by atoms with Gasteiger partial charge in [-0.3, -0.25) is 0 Å². The lowest BCUT2D eigenvalue weighted by Crippen LogP contribution is -2.36. The monoisotopic (exact) mass is 320 g/mol. The fourth-order valence-electron chi connectivity index (χ4n) is 2.61. The molecule has 2 N–H and O–H groups in total. The summed E-state index contributed by atoms with van der Waals surface area (Å²) < 4.78 is 51.0. The molecule has 0 aromatic heterocycles. The number of rotatable bonds is 6. The lowest BCUT2D eigenvalue weighted by molar-refractivity contribution is -0.140. The van der Waals surface area contributed by atoms with Gasteiger partial charge in [0.1, 0.15) is 5.82 Å². The van der Waals surface area contributed by atoms with Crippen LogP contribution in [0.25, 0.3) is 0 Å². The zero-order chi connectivity index (χ0) is 16.2. The minimum Gasteiger partial charge on any atom is -0.390 e. The van der Waals surface area contributed by atoms with E-state index in [9.17, 15) is 22.7 Å². The summed E-state index contributed by atoms with van der Waals surface area (Å²) in [5, 5.41) is 12.8. The van der Waals surface area contributed by atoms with Crippen LogP contribution in [0.4, 0.5) is 17.6 Å². The molecule has 1 aromatic carbocycles. The van der Waals surface area contributed by atoms with Gasteiger partial charge in [-0.15, -0.1) is 0 Å². The van der Waals surface area contributed by atoms with Crippen molar-refractivity contribution in [3.05, 3.63) is 35.1 Å². The van der Waals surface area contributed by atoms with Gasteiger partial charge in [-0.25, -0.2) is 4.39 Å². The molecule has 22 heavy (non-hydrogen) atoms. The summed E-state index contributed by atoms with van der Waals surface area (Å²) in [7, 11) is 0. The highest BCUT2D eigenvalue weighted by atomic mass is 19.4. The molecule has 0 aliphatic carbocycles. The van der Waals surface area contributed by atoms with Gasteiger partial charge in [0.15, 0.2) is 0 Å². The maximum Gasteiger partial charge on any atom is 0.419 e. The second-order valence-electron chi connectivity index (χ2n) is 5.60. The van der Waals surface area contributed by atoms with Gasteiger partial charge in [-0.05, 0) is 43.6 Å². The molecular formula is C15H20F4N2O. The SMILES string of the molecule is OC(CNCc1ccc(F)c(C(F)(F)F)c1)CN1CCCC1. The third kappa shape index (κ3) is 4.93. The lowest BCUT2D eigenvalue weighted by Gasteiger charge is -2.19. The Labute approximate surface area is 126 Å². The first-order chi connectivity index (χ1) is 10.4. The zero-order valence-electron chi connectivity index (χ0n) is 12.2. The van der Waals surface area contributed by atoms with Gasteiger partial charge in [-0.2, -0.15) is 13.2 Å². The van der Waals surface area contributed by atoms with Gasteiger partial charge in [0, 0.05) is 19.6 Å². The normalized spacial score (nSPS) is 17.9. The van der Waals surface area contributed by atoms with E-state index in [0.29, 0.717) is 12.1 Å². The summed E-state index contributed by atoms with van der Waals surface area (Å²) in [5.41, 5.74) is -0.925. The molecule has 2 rings (SSSR count). The van der Waals surface area contributed by atoms with Crippen molar-refractivity contribution in [1.82, 2.24) is 10.2 Å². The quantitative estimate of drug-likeness (QED) is 0.790. The van der Waals surface area contributed by atoms with E-state index >= 15 is 0 Å². The minimum atomic E-state index is -4.70. The molecule has 1 atom stereocenters. The van der Waals surface area contributed by atoms with Crippen LogP contribution in [-0.4, -0.2) is 42.3 Å². The van der Waals surface area contributed by atoms with Crippen LogP contribution >= 0.6 is 0 Å². The van der Waals surface area contributed by atoms with Crippen molar-refractivity contribution >= 4 is 0 Å². The van der Waals surface area contributed by atoms with Crippen LogP contribution in [0.2, 0.25) is 0 Å². The summed E-state index contributed by atoms with van der Waals surface area (Å²) in [5.74, 6) is -1.27. The summed E-state index contributed by atoms with van der Waals surface area (Å²) >= 11 is 0. The Morgan fingerprint density at radius 2 is 1.91 bits per heavy atom. The molecule has 0 bridgehead atoms. The highest BCUT2D eigenvalue weighted by Gasteiger charge is 2.34. The molecular weight excluding hydrogens is 300 g/mol. The number of alkyl halides is 3. The van der Waals surface area contributed by atoms with Gasteiger partial charge in [0.05, 0.1) is 11.7 Å². The Morgan fingerprint density at radius 3 is 2.55 bits per heavy atom. The van der Waals surface area contributed by atoms with Crippen molar-refractivity contribution in [3.63, 3.8) is 0 Å². The van der Waals surface area contributed by atoms with Gasteiger partial charge in [-0.1, -0.05) is 6.07 Å². The van der Waals surface area contributed by atoms with E-state index in [2.05, 4.69) is 10.2 Å². The van der Waals surface area contributed by atoms with Crippen LogP contribution < -0.4 is 5.32 Å². The molecule has 124 valence electrons. The molecule has 1 heterocycles. The highest BCUT2D eigenvalue weighted by Crippen LogP contribution is 2.31. The zero-order valence-corrected chi connectivity index (χ0v) is 12.2. The van der Waals surface area contributed by atoms with Crippen LogP contribution in [-0.2, 0) is 12.7 Å². The number of benzene rings is 1. The summed E-state index contributed by atoms with van der Waals surface area (Å²) in [6.07, 6.45) is -3.00. The molecule has 1 aliphatic rings. The smallest absolute Gasteiger partial charge is 0.390 e. The van der Waals surface area contributed by atoms with E-state index < -0.39 is 23.7 Å². The standard InChI is InChI=1S/C15H20F4N2O/c16-14-4-3-11(7-13(14)15(17,18)19)8-20-9-12(22)10-21-5-1-2-6-21/h3-4,7,12,20,22H,1-2,5-6,8-10H2. The maximum atomic E-state index is 13.2. The number of nitrogens with zero attached hydrogens (tertiary/aromatic N) is 1. The Hall–Kier alpha value is -1.18. The number of β-amino-alcohol motifs (C(OH)–C–C–N with tert-alkyl or cyclic N) is 1. The minimum absolute atomic E-state index is 0.153. The fraction of sp³-hybridized carbons (Fsp3) is 0.600. The predicted molar refractivity (Wildman–Crippen MR) is 74.8 cm³/mol. The van der Waals surface area contributed by atoms with Gasteiger partial charge >= 0.3 is 6.18 Å². The van der Waals surface area contributed by atoms with Crippen molar-refractivity contribution in [2.45, 2.75) is 31.7 Å². The molecule has 7 heteroatoms. The number of hydrogen-bond acceptors (Lipinski definition) is 3. The highest BCUT2D eigenvalue weighted by molar-refractivity contribution is 5.27. The second kappa shape index (κ2) is 7.39. The Bertz CT molecular complexity index is 487. The van der Waals surface area contributed by atoms with E-state index in [1.165, 1.54) is 6.07 Å². The van der Waals surface area contributed by atoms with Crippen LogP contribution in [0.1, 0.15) is 24.0 Å². The Morgan fingerprint density at radius 1 is 1.23 bits per heavy atom. The summed E-state index contributed by atoms with van der Waals surface area (Å²) in [6.45, 7) is 2.95. The second-order valence-corrected chi connectivity index (χ2v) is 5.60. The largest absolute Gasteiger partial charge is 0.419 e. The number of nitrogens with one attached hydrogen (secondary N) is 1. The molecule has 1 aromatic rings. The van der Waals surface area contributed by atoms with E-state index in [1.807, 2.05) is 0 Å². The average molecular weight is 320 g/mol. The summed E-state index contributed by atoms with van der Waals surface area (Å²) in [4.78, 5) is 2.16. The molecule has 1 aliphatic heterocycles. The molecule has 0 saturated carbocycles. The molecule has 1 saturated heterocycles. The van der Waals surface area contributed by atoms with Crippen molar-refractivity contribution in [3.8, 4) is 0 Å². The maximum absolute atomic E-state index is 13.2. The van der Waals surface area contributed by atoms with Crippen molar-refractivity contribution < 1.29 is 22.7 Å². The van der Waals surface area contributed by atoms with E-state index in [0.717, 1.165) is 38.1 Å². The summed E-state index contributed by atoms with van der Waals surface area (Å²) in [6, 6.07) is 2.93. The third-order valence-corrected chi connectivity index (χ3v) is 3.71. The Balaban J connectivity index is 1.81. The number of aliphatic hydroxyl groups is 1. The van der Waals surface area contributed by atoms with Crippen molar-refractivity contribution in [1.29, 1.82) is 0 Å². The third-order valence-electron chi connectivity index (χ3n) is 3.71. The number of likely N-dealkylation sites (tertiary alicyclic amines) is 1.